The van der Waals surface area contributed by atoms with E-state index in [0.717, 1.165) is 23.0 Å². The standard InChI is InChI=1S/C15H16N2O5S2/c1-10(14(18)17-8-11-5-3-2-4-6-11)22-15(19)12-7-13(23-9-12)24(16,20)21/h2-7,9-10H,8H2,1H3,(H,17,18)(H2,16,20,21)/t10-/m0/s1. The van der Waals surface area contributed by atoms with Gasteiger partial charge in [0.05, 0.1) is 5.56 Å². The van der Waals surface area contributed by atoms with E-state index in [1.165, 1.54) is 12.3 Å². The van der Waals surface area contributed by atoms with Gasteiger partial charge in [-0.25, -0.2) is 18.4 Å². The fraction of sp³-hybridized carbons (Fsp3) is 0.200. The van der Waals surface area contributed by atoms with Crippen molar-refractivity contribution in [3.63, 3.8) is 0 Å². The first-order valence-electron chi connectivity index (χ1n) is 6.91. The second kappa shape index (κ2) is 7.56. The molecule has 9 heteroatoms. The van der Waals surface area contributed by atoms with Crippen LogP contribution < -0.4 is 10.5 Å². The molecule has 0 bridgehead atoms. The minimum Gasteiger partial charge on any atom is -0.449 e. The molecule has 2 rings (SSSR count). The zero-order chi connectivity index (χ0) is 17.7. The number of hydrogen-bond donors (Lipinski definition) is 2. The highest BCUT2D eigenvalue weighted by atomic mass is 32.2. The molecule has 1 heterocycles. The van der Waals surface area contributed by atoms with Crippen molar-refractivity contribution in [2.75, 3.05) is 0 Å². The van der Waals surface area contributed by atoms with Gasteiger partial charge in [-0.15, -0.1) is 11.3 Å². The summed E-state index contributed by atoms with van der Waals surface area (Å²) in [5.74, 6) is -1.24. The molecular formula is C15H16N2O5S2. The Bertz CT molecular complexity index is 831. The Morgan fingerprint density at radius 1 is 1.29 bits per heavy atom. The summed E-state index contributed by atoms with van der Waals surface area (Å²) in [5.41, 5.74) is 0.951. The lowest BCUT2D eigenvalue weighted by Crippen LogP contribution is -2.35. The minimum atomic E-state index is -3.87. The molecule has 7 nitrogen and oxygen atoms in total. The second-order valence-corrected chi connectivity index (χ2v) is 7.65. The number of ether oxygens (including phenoxy) is 1. The van der Waals surface area contributed by atoms with Crippen molar-refractivity contribution < 1.29 is 22.7 Å². The van der Waals surface area contributed by atoms with Crippen molar-refractivity contribution in [2.45, 2.75) is 23.8 Å². The number of esters is 1. The molecule has 0 radical (unpaired) electrons. The molecule has 1 amide bonds. The number of rotatable bonds is 6. The van der Waals surface area contributed by atoms with Gasteiger partial charge in [-0.05, 0) is 18.6 Å². The Morgan fingerprint density at radius 2 is 1.96 bits per heavy atom. The van der Waals surface area contributed by atoms with Crippen LogP contribution in [-0.2, 0) is 26.1 Å². The molecule has 0 saturated carbocycles. The molecule has 2 aromatic rings. The maximum Gasteiger partial charge on any atom is 0.339 e. The number of amides is 1. The zero-order valence-corrected chi connectivity index (χ0v) is 14.4. The third-order valence-corrected chi connectivity index (χ3v) is 5.44. The third kappa shape index (κ3) is 4.88. The van der Waals surface area contributed by atoms with Crippen molar-refractivity contribution in [1.29, 1.82) is 0 Å². The minimum absolute atomic E-state index is 0.0340. The Hall–Kier alpha value is -2.23. The van der Waals surface area contributed by atoms with E-state index in [9.17, 15) is 18.0 Å². The second-order valence-electron chi connectivity index (χ2n) is 4.95. The van der Waals surface area contributed by atoms with E-state index in [1.54, 1.807) is 0 Å². The van der Waals surface area contributed by atoms with Crippen molar-refractivity contribution in [3.05, 3.63) is 52.9 Å². The van der Waals surface area contributed by atoms with Crippen LogP contribution in [0, 0.1) is 0 Å². The van der Waals surface area contributed by atoms with E-state index in [-0.39, 0.29) is 9.77 Å². The first-order valence-corrected chi connectivity index (χ1v) is 9.34. The Kier molecular flexibility index (Phi) is 5.71. The zero-order valence-electron chi connectivity index (χ0n) is 12.8. The largest absolute Gasteiger partial charge is 0.449 e. The van der Waals surface area contributed by atoms with Crippen molar-refractivity contribution in [3.8, 4) is 0 Å². The quantitative estimate of drug-likeness (QED) is 0.745. The summed E-state index contributed by atoms with van der Waals surface area (Å²) in [6.07, 6.45) is -1.01. The number of nitrogens with one attached hydrogen (secondary N) is 1. The van der Waals surface area contributed by atoms with Gasteiger partial charge < -0.3 is 10.1 Å². The van der Waals surface area contributed by atoms with E-state index >= 15 is 0 Å². The molecule has 0 aliphatic heterocycles. The highest BCUT2D eigenvalue weighted by Crippen LogP contribution is 2.19. The Balaban J connectivity index is 1.91. The van der Waals surface area contributed by atoms with Gasteiger partial charge in [0.15, 0.2) is 6.10 Å². The van der Waals surface area contributed by atoms with Crippen LogP contribution in [0.25, 0.3) is 0 Å². The van der Waals surface area contributed by atoms with E-state index in [4.69, 9.17) is 9.88 Å². The summed E-state index contributed by atoms with van der Waals surface area (Å²) >= 11 is 0.813. The molecule has 0 fully saturated rings. The number of hydrogen-bond acceptors (Lipinski definition) is 6. The maximum atomic E-state index is 11.9. The van der Waals surface area contributed by atoms with Crippen molar-refractivity contribution >= 4 is 33.2 Å². The fourth-order valence-corrected chi connectivity index (χ4v) is 3.36. The molecule has 0 aliphatic carbocycles. The van der Waals surface area contributed by atoms with Gasteiger partial charge in [-0.3, -0.25) is 4.79 Å². The molecule has 0 spiro atoms. The topological polar surface area (TPSA) is 116 Å². The molecule has 1 atom stereocenters. The summed E-state index contributed by atoms with van der Waals surface area (Å²) < 4.78 is 27.3. The predicted octanol–water partition coefficient (Wildman–Crippen LogP) is 1.26. The number of carbonyl (C=O) groups excluding carboxylic acids is 2. The fourth-order valence-electron chi connectivity index (χ4n) is 1.78. The molecule has 0 unspecified atom stereocenters. The van der Waals surface area contributed by atoms with Crippen LogP contribution in [0.5, 0.6) is 0 Å². The lowest BCUT2D eigenvalue weighted by molar-refractivity contribution is -0.129. The van der Waals surface area contributed by atoms with Crippen LogP contribution in [0.4, 0.5) is 0 Å². The van der Waals surface area contributed by atoms with Gasteiger partial charge in [0.2, 0.25) is 10.0 Å². The average Bonchev–Trinajstić information content (AvgIpc) is 3.04. The Morgan fingerprint density at radius 3 is 2.54 bits per heavy atom. The molecule has 1 aromatic heterocycles. The average molecular weight is 368 g/mol. The van der Waals surface area contributed by atoms with Crippen LogP contribution in [0.3, 0.4) is 0 Å². The first-order chi connectivity index (χ1) is 11.3. The number of thiophene rings is 1. The molecule has 128 valence electrons. The van der Waals surface area contributed by atoms with Crippen LogP contribution in [0.2, 0.25) is 0 Å². The van der Waals surface area contributed by atoms with Crippen LogP contribution in [0.15, 0.2) is 46.0 Å². The van der Waals surface area contributed by atoms with Gasteiger partial charge in [0.25, 0.3) is 5.91 Å². The summed E-state index contributed by atoms with van der Waals surface area (Å²) in [6.45, 7) is 1.75. The van der Waals surface area contributed by atoms with Gasteiger partial charge in [-0.1, -0.05) is 30.3 Å². The lowest BCUT2D eigenvalue weighted by Gasteiger charge is -2.13. The third-order valence-electron chi connectivity index (χ3n) is 3.05. The van der Waals surface area contributed by atoms with Gasteiger partial charge in [0.1, 0.15) is 4.21 Å². The Labute approximate surface area is 143 Å². The summed E-state index contributed by atoms with van der Waals surface area (Å²) in [7, 11) is -3.87. The number of nitrogens with two attached hydrogens (primary N) is 1. The molecule has 24 heavy (non-hydrogen) atoms. The van der Waals surface area contributed by atoms with E-state index in [1.807, 2.05) is 30.3 Å². The number of sulfonamides is 1. The number of primary sulfonamides is 1. The normalized spacial score (nSPS) is 12.4. The highest BCUT2D eigenvalue weighted by molar-refractivity contribution is 7.91. The molecule has 3 N–H and O–H groups in total. The van der Waals surface area contributed by atoms with Crippen molar-refractivity contribution in [2.24, 2.45) is 5.14 Å². The summed E-state index contributed by atoms with van der Waals surface area (Å²) in [6, 6.07) is 10.4. The smallest absolute Gasteiger partial charge is 0.339 e. The predicted molar refractivity (Wildman–Crippen MR) is 88.9 cm³/mol. The van der Waals surface area contributed by atoms with Crippen molar-refractivity contribution in [1.82, 2.24) is 5.32 Å². The highest BCUT2D eigenvalue weighted by Gasteiger charge is 2.21. The summed E-state index contributed by atoms with van der Waals surface area (Å²) in [5, 5.41) is 8.95. The van der Waals surface area contributed by atoms with Crippen LogP contribution in [-0.4, -0.2) is 26.4 Å². The molecule has 0 saturated heterocycles. The number of benzene rings is 1. The van der Waals surface area contributed by atoms with Gasteiger partial charge in [0, 0.05) is 11.9 Å². The van der Waals surface area contributed by atoms with E-state index in [2.05, 4.69) is 5.32 Å². The summed E-state index contributed by atoms with van der Waals surface area (Å²) in [4.78, 5) is 23.9. The first kappa shape index (κ1) is 18.1. The van der Waals surface area contributed by atoms with E-state index < -0.39 is 28.0 Å². The van der Waals surface area contributed by atoms with E-state index in [0.29, 0.717) is 6.54 Å². The van der Waals surface area contributed by atoms with Gasteiger partial charge in [-0.2, -0.15) is 0 Å². The monoisotopic (exact) mass is 368 g/mol. The molecule has 0 aliphatic rings. The van der Waals surface area contributed by atoms with Crippen LogP contribution in [0.1, 0.15) is 22.8 Å². The molecule has 1 aromatic carbocycles. The molecular weight excluding hydrogens is 352 g/mol. The maximum absolute atomic E-state index is 11.9. The lowest BCUT2D eigenvalue weighted by atomic mass is 10.2. The number of carbonyl (C=O) groups is 2. The van der Waals surface area contributed by atoms with Crippen LogP contribution >= 0.6 is 11.3 Å². The SMILES string of the molecule is C[C@H](OC(=O)c1csc(S(N)(=O)=O)c1)C(=O)NCc1ccccc1. The van der Waals surface area contributed by atoms with Gasteiger partial charge >= 0.3 is 5.97 Å².